The summed E-state index contributed by atoms with van der Waals surface area (Å²) in [6, 6.07) is 0. The number of hydrogen-bond acceptors (Lipinski definition) is 5. The number of Topliss-reactive ketones (excluding diaryl/α,β-unsaturated/α-hetero) is 3. The van der Waals surface area contributed by atoms with Gasteiger partial charge in [0.25, 0.3) is 0 Å². The first-order valence-corrected chi connectivity index (χ1v) is 10.2. The summed E-state index contributed by atoms with van der Waals surface area (Å²) < 4.78 is 241. The average Bonchev–Trinajstić information content (AvgIpc) is 2.73. The van der Waals surface area contributed by atoms with Gasteiger partial charge in [-0.15, -0.1) is 0 Å². The third-order valence-corrected chi connectivity index (χ3v) is 4.06. The van der Waals surface area contributed by atoms with Gasteiger partial charge in [0, 0.05) is 0 Å². The third kappa shape index (κ3) is 11.3. The third-order valence-electron chi connectivity index (χ3n) is 3.55. The summed E-state index contributed by atoms with van der Waals surface area (Å²) in [6.45, 7) is 1.40. The van der Waals surface area contributed by atoms with Crippen LogP contribution in [0, 0.1) is 0 Å². The average molecular weight is 741 g/mol. The number of carbonyl (C=O) groups is 4. The Morgan fingerprint density at radius 2 is 0.786 bits per heavy atom. The van der Waals surface area contributed by atoms with Crippen LogP contribution in [-0.4, -0.2) is 83.7 Å². The molecule has 0 aliphatic carbocycles. The van der Waals surface area contributed by atoms with Gasteiger partial charge in [0.2, 0.25) is 17.3 Å². The van der Waals surface area contributed by atoms with Crippen molar-refractivity contribution in [3.05, 3.63) is 0 Å². The first-order chi connectivity index (χ1) is 18.0. The molecule has 0 rings (SSSR count). The van der Waals surface area contributed by atoms with Crippen molar-refractivity contribution in [2.75, 3.05) is 11.9 Å². The zero-order valence-corrected chi connectivity index (χ0v) is 20.7. The van der Waals surface area contributed by atoms with E-state index in [1.54, 1.807) is 0 Å². The van der Waals surface area contributed by atoms with Gasteiger partial charge < -0.3 is 4.74 Å². The zero-order valence-electron chi connectivity index (χ0n) is 19.1. The lowest BCUT2D eigenvalue weighted by molar-refractivity contribution is -0.357. The summed E-state index contributed by atoms with van der Waals surface area (Å²) in [5.41, 5.74) is -15.4. The van der Waals surface area contributed by atoms with Gasteiger partial charge in [-0.1, -0.05) is 15.9 Å². The standard InChI is InChI=1S/C7F14O.C6H7F3O3.C3H2BrF3O/c8-2(4(10,11)12,5(13,14)15)1(22)3(9,6(16,17)18)7(19,20)21;1-2-12-5(11)3-4(10)6(7,8)9;4-1-2(8)3(5,6)7/h;2-3H2,1H3;1H2. The number of alkyl halides is 21. The van der Waals surface area contributed by atoms with Crippen molar-refractivity contribution in [2.45, 2.75) is 61.7 Å². The Hall–Kier alpha value is -2.44. The molecule has 250 valence electrons. The summed E-state index contributed by atoms with van der Waals surface area (Å²) >= 11 is 2.38. The Morgan fingerprint density at radius 1 is 0.524 bits per heavy atom. The number of ketones is 3. The van der Waals surface area contributed by atoms with Crippen molar-refractivity contribution in [1.29, 1.82) is 0 Å². The number of carbonyl (C=O) groups excluding carboxylic acids is 4. The molecule has 0 N–H and O–H groups in total. The SMILES string of the molecule is CCOC(=O)CC(=O)C(F)(F)F.O=C(C(F)(C(F)(F)F)C(F)(F)F)C(F)(C(F)(F)F)C(F)(F)F.O=C(CBr)C(F)(F)F. The highest BCUT2D eigenvalue weighted by Crippen LogP contribution is 2.55. The predicted molar refractivity (Wildman–Crippen MR) is 94.1 cm³/mol. The molecular weight excluding hydrogens is 732 g/mol. The molecule has 0 aliphatic rings. The lowest BCUT2D eigenvalue weighted by Crippen LogP contribution is -2.71. The fourth-order valence-corrected chi connectivity index (χ4v) is 1.91. The summed E-state index contributed by atoms with van der Waals surface area (Å²) in [5, 5.41) is -0.656. The Labute approximate surface area is 225 Å². The van der Waals surface area contributed by atoms with Crippen LogP contribution in [0.3, 0.4) is 0 Å². The second-order valence-electron chi connectivity index (χ2n) is 6.59. The molecule has 0 unspecified atom stereocenters. The number of halogens is 21. The van der Waals surface area contributed by atoms with E-state index in [1.807, 2.05) is 0 Å². The minimum absolute atomic E-state index is 0.0377. The molecule has 5 nitrogen and oxygen atoms in total. The van der Waals surface area contributed by atoms with Gasteiger partial charge in [-0.25, -0.2) is 8.78 Å². The summed E-state index contributed by atoms with van der Waals surface area (Å²) in [5.74, 6) is -10.4. The second-order valence-corrected chi connectivity index (χ2v) is 7.16. The maximum atomic E-state index is 12.9. The predicted octanol–water partition coefficient (Wildman–Crippen LogP) is 6.81. The topological polar surface area (TPSA) is 77.5 Å². The van der Waals surface area contributed by atoms with Gasteiger partial charge in [0.1, 0.15) is 6.42 Å². The van der Waals surface area contributed by atoms with E-state index in [9.17, 15) is 107 Å². The van der Waals surface area contributed by atoms with E-state index in [-0.39, 0.29) is 6.61 Å². The van der Waals surface area contributed by atoms with Crippen molar-refractivity contribution in [3.63, 3.8) is 0 Å². The van der Waals surface area contributed by atoms with Gasteiger partial charge >= 0.3 is 54.4 Å². The maximum absolute atomic E-state index is 12.9. The van der Waals surface area contributed by atoms with Gasteiger partial charge in [-0.3, -0.25) is 19.2 Å². The first kappa shape index (κ1) is 44.0. The molecule has 0 radical (unpaired) electrons. The molecule has 0 fully saturated rings. The highest BCUT2D eigenvalue weighted by molar-refractivity contribution is 9.09. The number of esters is 1. The molecule has 0 atom stereocenters. The van der Waals surface area contributed by atoms with Gasteiger partial charge in [0.05, 0.1) is 11.9 Å². The zero-order chi connectivity index (χ0) is 35.1. The Kier molecular flexibility index (Phi) is 15.0. The molecule has 0 aliphatic heterocycles. The van der Waals surface area contributed by atoms with Gasteiger partial charge in [-0.05, 0) is 6.92 Å². The van der Waals surface area contributed by atoms with E-state index < -0.39 is 83.5 Å². The highest BCUT2D eigenvalue weighted by atomic mass is 79.9. The van der Waals surface area contributed by atoms with Gasteiger partial charge in [-0.2, -0.15) is 79.0 Å². The molecule has 0 amide bonds. The summed E-state index contributed by atoms with van der Waals surface area (Å²) in [7, 11) is 0. The Balaban J connectivity index is -0.000000633. The van der Waals surface area contributed by atoms with Crippen LogP contribution < -0.4 is 0 Å². The largest absolute Gasteiger partial charge is 0.466 e. The molecule has 0 saturated heterocycles. The first-order valence-electron chi connectivity index (χ1n) is 9.12. The van der Waals surface area contributed by atoms with Crippen molar-refractivity contribution >= 4 is 39.2 Å². The van der Waals surface area contributed by atoms with Crippen molar-refractivity contribution in [2.24, 2.45) is 0 Å². The fourth-order valence-electron chi connectivity index (χ4n) is 1.59. The quantitative estimate of drug-likeness (QED) is 0.130. The van der Waals surface area contributed by atoms with Crippen LogP contribution in [0.1, 0.15) is 13.3 Å². The summed E-state index contributed by atoms with van der Waals surface area (Å²) in [4.78, 5) is 40.6. The maximum Gasteiger partial charge on any atom is 0.450 e. The molecule has 0 bridgehead atoms. The molecule has 42 heavy (non-hydrogen) atoms. The van der Waals surface area contributed by atoms with Crippen LogP contribution in [-0.2, 0) is 23.9 Å². The second kappa shape index (κ2) is 14.4. The number of ether oxygens (including phenoxy) is 1. The number of rotatable bonds is 6. The molecule has 0 saturated carbocycles. The van der Waals surface area contributed by atoms with Crippen molar-refractivity contribution in [1.82, 2.24) is 0 Å². The molecular formula is C16H9BrF20O5. The number of hydrogen-bond donors (Lipinski definition) is 0. The van der Waals surface area contributed by atoms with E-state index in [2.05, 4.69) is 20.7 Å². The van der Waals surface area contributed by atoms with E-state index in [1.165, 1.54) is 6.92 Å². The van der Waals surface area contributed by atoms with Crippen molar-refractivity contribution in [3.8, 4) is 0 Å². The van der Waals surface area contributed by atoms with Gasteiger partial charge in [0.15, 0.2) is 0 Å². The Bertz CT molecular complexity index is 869. The monoisotopic (exact) mass is 740 g/mol. The van der Waals surface area contributed by atoms with Crippen molar-refractivity contribution < 1.29 is 112 Å². The lowest BCUT2D eigenvalue weighted by atomic mass is 9.85. The lowest BCUT2D eigenvalue weighted by Gasteiger charge is -2.36. The van der Waals surface area contributed by atoms with Crippen LogP contribution in [0.25, 0.3) is 0 Å². The Morgan fingerprint density at radius 3 is 0.929 bits per heavy atom. The normalized spacial score (nSPS) is 13.7. The molecule has 26 heteroatoms. The fraction of sp³-hybridized carbons (Fsp3) is 0.750. The van der Waals surface area contributed by atoms with Crippen LogP contribution in [0.15, 0.2) is 0 Å². The smallest absolute Gasteiger partial charge is 0.450 e. The van der Waals surface area contributed by atoms with E-state index in [0.29, 0.717) is 0 Å². The molecule has 0 aromatic rings. The molecule has 0 aromatic carbocycles. The van der Waals surface area contributed by atoms with Crippen LogP contribution in [0.5, 0.6) is 0 Å². The minimum atomic E-state index is -7.72. The van der Waals surface area contributed by atoms with Crippen LogP contribution in [0.4, 0.5) is 87.8 Å². The van der Waals surface area contributed by atoms with E-state index >= 15 is 0 Å². The van der Waals surface area contributed by atoms with Crippen LogP contribution >= 0.6 is 15.9 Å². The molecule has 0 spiro atoms. The minimum Gasteiger partial charge on any atom is -0.466 e. The highest BCUT2D eigenvalue weighted by Gasteiger charge is 2.89. The molecule has 0 aromatic heterocycles. The van der Waals surface area contributed by atoms with E-state index in [4.69, 9.17) is 0 Å². The van der Waals surface area contributed by atoms with E-state index in [0.717, 1.165) is 0 Å². The van der Waals surface area contributed by atoms with Crippen LogP contribution in [0.2, 0.25) is 0 Å². The molecule has 0 heterocycles. The summed E-state index contributed by atoms with van der Waals surface area (Å²) in [6.07, 6.45) is -41.4.